The standard InChI is InChI=1S/C18H24N2O4/c21-16(22)8-4-5-11-19-17(23)14-9-12-20(13-10-14)18(24)15-6-2-1-3-7-15/h1-3,6-7,14H,4-5,8-13H2,(H,19,23)(H,21,22). The molecule has 0 unspecified atom stereocenters. The van der Waals surface area contributed by atoms with Crippen LogP contribution in [0.15, 0.2) is 30.3 Å². The third-order valence-electron chi connectivity index (χ3n) is 4.29. The summed E-state index contributed by atoms with van der Waals surface area (Å²) < 4.78 is 0. The van der Waals surface area contributed by atoms with Crippen LogP contribution in [0, 0.1) is 5.92 Å². The number of nitrogens with zero attached hydrogens (tertiary/aromatic N) is 1. The van der Waals surface area contributed by atoms with E-state index in [0.29, 0.717) is 50.9 Å². The zero-order valence-electron chi connectivity index (χ0n) is 13.7. The molecule has 1 saturated heterocycles. The van der Waals surface area contributed by atoms with E-state index in [2.05, 4.69) is 5.32 Å². The Morgan fingerprint density at radius 3 is 2.38 bits per heavy atom. The second-order valence-corrected chi connectivity index (χ2v) is 6.07. The van der Waals surface area contributed by atoms with Gasteiger partial charge in [-0.3, -0.25) is 14.4 Å². The van der Waals surface area contributed by atoms with Gasteiger partial charge in [0, 0.05) is 37.5 Å². The summed E-state index contributed by atoms with van der Waals surface area (Å²) in [5.41, 5.74) is 0.679. The molecule has 0 spiro atoms. The van der Waals surface area contributed by atoms with Crippen LogP contribution in [0.4, 0.5) is 0 Å². The third-order valence-corrected chi connectivity index (χ3v) is 4.29. The summed E-state index contributed by atoms with van der Waals surface area (Å²) in [5.74, 6) is -0.846. The van der Waals surface area contributed by atoms with Gasteiger partial charge in [-0.1, -0.05) is 18.2 Å². The first-order chi connectivity index (χ1) is 11.6. The second-order valence-electron chi connectivity index (χ2n) is 6.07. The number of carboxylic acid groups (broad SMARTS) is 1. The molecule has 2 rings (SSSR count). The normalized spacial score (nSPS) is 15.1. The molecule has 0 aliphatic carbocycles. The van der Waals surface area contributed by atoms with Crippen LogP contribution in [-0.4, -0.2) is 47.4 Å². The minimum Gasteiger partial charge on any atom is -0.481 e. The topological polar surface area (TPSA) is 86.7 Å². The van der Waals surface area contributed by atoms with E-state index >= 15 is 0 Å². The van der Waals surface area contributed by atoms with Gasteiger partial charge >= 0.3 is 5.97 Å². The number of aliphatic carboxylic acids is 1. The van der Waals surface area contributed by atoms with Crippen molar-refractivity contribution in [1.29, 1.82) is 0 Å². The van der Waals surface area contributed by atoms with E-state index in [4.69, 9.17) is 5.11 Å². The molecule has 1 aliphatic rings. The van der Waals surface area contributed by atoms with Crippen molar-refractivity contribution in [3.63, 3.8) is 0 Å². The van der Waals surface area contributed by atoms with Gasteiger partial charge in [-0.05, 0) is 37.8 Å². The number of hydrogen-bond acceptors (Lipinski definition) is 3. The molecule has 0 aromatic heterocycles. The van der Waals surface area contributed by atoms with Crippen LogP contribution in [0.25, 0.3) is 0 Å². The van der Waals surface area contributed by atoms with Gasteiger partial charge in [0.15, 0.2) is 0 Å². The maximum Gasteiger partial charge on any atom is 0.303 e. The largest absolute Gasteiger partial charge is 0.481 e. The summed E-state index contributed by atoms with van der Waals surface area (Å²) in [4.78, 5) is 36.7. The zero-order valence-corrected chi connectivity index (χ0v) is 13.7. The molecule has 0 radical (unpaired) electrons. The Morgan fingerprint density at radius 1 is 1.08 bits per heavy atom. The average Bonchev–Trinajstić information content (AvgIpc) is 2.61. The number of unbranched alkanes of at least 4 members (excludes halogenated alkanes) is 1. The molecule has 0 saturated carbocycles. The number of carbonyl (C=O) groups excluding carboxylic acids is 2. The third kappa shape index (κ3) is 5.37. The maximum atomic E-state index is 12.4. The van der Waals surface area contributed by atoms with Crippen molar-refractivity contribution in [2.24, 2.45) is 5.92 Å². The lowest BCUT2D eigenvalue weighted by Crippen LogP contribution is -2.43. The van der Waals surface area contributed by atoms with Gasteiger partial charge in [0.25, 0.3) is 5.91 Å². The fourth-order valence-electron chi connectivity index (χ4n) is 2.87. The second kappa shape index (κ2) is 9.05. The number of nitrogens with one attached hydrogen (secondary N) is 1. The highest BCUT2D eigenvalue weighted by molar-refractivity contribution is 5.94. The number of rotatable bonds is 7. The molecule has 24 heavy (non-hydrogen) atoms. The van der Waals surface area contributed by atoms with Crippen molar-refractivity contribution < 1.29 is 19.5 Å². The molecule has 2 amide bonds. The number of benzene rings is 1. The van der Waals surface area contributed by atoms with Crippen LogP contribution in [0.2, 0.25) is 0 Å². The van der Waals surface area contributed by atoms with Crippen molar-refractivity contribution in [2.75, 3.05) is 19.6 Å². The Hall–Kier alpha value is -2.37. The molecule has 1 heterocycles. The molecule has 130 valence electrons. The smallest absolute Gasteiger partial charge is 0.303 e. The van der Waals surface area contributed by atoms with Gasteiger partial charge in [0.05, 0.1) is 0 Å². The quantitative estimate of drug-likeness (QED) is 0.747. The van der Waals surface area contributed by atoms with Crippen LogP contribution < -0.4 is 5.32 Å². The summed E-state index contributed by atoms with van der Waals surface area (Å²) in [6.07, 6.45) is 2.71. The van der Waals surface area contributed by atoms with E-state index in [0.717, 1.165) is 0 Å². The molecule has 1 aliphatic heterocycles. The fraction of sp³-hybridized carbons (Fsp3) is 0.500. The Bertz CT molecular complexity index is 566. The lowest BCUT2D eigenvalue weighted by Gasteiger charge is -2.31. The predicted molar refractivity (Wildman–Crippen MR) is 89.6 cm³/mol. The average molecular weight is 332 g/mol. The molecular formula is C18H24N2O4. The number of carboxylic acids is 1. The first-order valence-corrected chi connectivity index (χ1v) is 8.42. The highest BCUT2D eigenvalue weighted by atomic mass is 16.4. The Morgan fingerprint density at radius 2 is 1.75 bits per heavy atom. The van der Waals surface area contributed by atoms with E-state index in [1.54, 1.807) is 17.0 Å². The Labute approximate surface area is 141 Å². The van der Waals surface area contributed by atoms with Gasteiger partial charge in [-0.2, -0.15) is 0 Å². The number of amides is 2. The van der Waals surface area contributed by atoms with Gasteiger partial charge in [-0.15, -0.1) is 0 Å². The number of carbonyl (C=O) groups is 3. The van der Waals surface area contributed by atoms with Gasteiger partial charge < -0.3 is 15.3 Å². The van der Waals surface area contributed by atoms with Crippen molar-refractivity contribution in [2.45, 2.75) is 32.1 Å². The SMILES string of the molecule is O=C(O)CCCCNC(=O)C1CCN(C(=O)c2ccccc2)CC1. The molecule has 1 aromatic rings. The summed E-state index contributed by atoms with van der Waals surface area (Å²) >= 11 is 0. The first-order valence-electron chi connectivity index (χ1n) is 8.42. The Kier molecular flexibility index (Phi) is 6.78. The lowest BCUT2D eigenvalue weighted by molar-refractivity contribution is -0.137. The molecule has 6 heteroatoms. The minimum atomic E-state index is -0.809. The van der Waals surface area contributed by atoms with Crippen molar-refractivity contribution in [1.82, 2.24) is 10.2 Å². The summed E-state index contributed by atoms with van der Waals surface area (Å²) in [7, 11) is 0. The first kappa shape index (κ1) is 18.0. The van der Waals surface area contributed by atoms with E-state index in [9.17, 15) is 14.4 Å². The molecule has 1 fully saturated rings. The van der Waals surface area contributed by atoms with Crippen molar-refractivity contribution >= 4 is 17.8 Å². The van der Waals surface area contributed by atoms with E-state index < -0.39 is 5.97 Å². The van der Waals surface area contributed by atoms with Crippen molar-refractivity contribution in [3.05, 3.63) is 35.9 Å². The van der Waals surface area contributed by atoms with Crippen LogP contribution in [-0.2, 0) is 9.59 Å². The molecule has 2 N–H and O–H groups in total. The lowest BCUT2D eigenvalue weighted by atomic mass is 9.95. The van der Waals surface area contributed by atoms with Gasteiger partial charge in [0.2, 0.25) is 5.91 Å². The van der Waals surface area contributed by atoms with Gasteiger partial charge in [0.1, 0.15) is 0 Å². The minimum absolute atomic E-state index is 0.0112. The molecule has 1 aromatic carbocycles. The molecule has 0 bridgehead atoms. The van der Waals surface area contributed by atoms with Gasteiger partial charge in [-0.25, -0.2) is 0 Å². The number of piperidine rings is 1. The van der Waals surface area contributed by atoms with Crippen molar-refractivity contribution in [3.8, 4) is 0 Å². The predicted octanol–water partition coefficient (Wildman–Crippen LogP) is 1.91. The fourth-order valence-corrected chi connectivity index (χ4v) is 2.87. The molecular weight excluding hydrogens is 308 g/mol. The maximum absolute atomic E-state index is 12.4. The van der Waals surface area contributed by atoms with Crippen LogP contribution in [0.5, 0.6) is 0 Å². The van der Waals surface area contributed by atoms with Crippen LogP contribution in [0.3, 0.4) is 0 Å². The number of likely N-dealkylation sites (tertiary alicyclic amines) is 1. The van der Waals surface area contributed by atoms with E-state index in [1.807, 2.05) is 18.2 Å². The highest BCUT2D eigenvalue weighted by Crippen LogP contribution is 2.19. The monoisotopic (exact) mass is 332 g/mol. The molecule has 6 nitrogen and oxygen atoms in total. The molecule has 0 atom stereocenters. The van der Waals surface area contributed by atoms with Crippen LogP contribution in [0.1, 0.15) is 42.5 Å². The van der Waals surface area contributed by atoms with E-state index in [-0.39, 0.29) is 24.2 Å². The summed E-state index contributed by atoms with van der Waals surface area (Å²) in [5, 5.41) is 11.4. The Balaban J connectivity index is 1.69. The summed E-state index contributed by atoms with van der Waals surface area (Å²) in [6.45, 7) is 1.69. The summed E-state index contributed by atoms with van der Waals surface area (Å²) in [6, 6.07) is 9.18. The number of hydrogen-bond donors (Lipinski definition) is 2. The van der Waals surface area contributed by atoms with Crippen LogP contribution >= 0.6 is 0 Å². The highest BCUT2D eigenvalue weighted by Gasteiger charge is 2.27. The van der Waals surface area contributed by atoms with E-state index in [1.165, 1.54) is 0 Å². The zero-order chi connectivity index (χ0) is 17.4.